The summed E-state index contributed by atoms with van der Waals surface area (Å²) in [5, 5.41) is 8.68. The molecule has 0 saturated carbocycles. The van der Waals surface area contributed by atoms with E-state index in [2.05, 4.69) is 9.71 Å². The van der Waals surface area contributed by atoms with E-state index in [9.17, 15) is 8.42 Å². The van der Waals surface area contributed by atoms with Crippen molar-refractivity contribution in [3.05, 3.63) is 23.5 Å². The highest BCUT2D eigenvalue weighted by Crippen LogP contribution is 2.11. The van der Waals surface area contributed by atoms with Crippen molar-refractivity contribution >= 4 is 10.0 Å². The van der Waals surface area contributed by atoms with Gasteiger partial charge < -0.3 is 0 Å². The smallest absolute Gasteiger partial charge is 0.241 e. The molecule has 0 aromatic carbocycles. The van der Waals surface area contributed by atoms with E-state index in [1.165, 1.54) is 19.3 Å². The van der Waals surface area contributed by atoms with Gasteiger partial charge in [-0.15, -0.1) is 0 Å². The predicted octanol–water partition coefficient (Wildman–Crippen LogP) is 0.170. The Morgan fingerprint density at radius 1 is 1.57 bits per heavy atom. The lowest BCUT2D eigenvalue weighted by atomic mass is 10.2. The number of sulfonamides is 1. The lowest BCUT2D eigenvalue weighted by Crippen LogP contribution is -2.19. The molecule has 1 heterocycles. The quantitative estimate of drug-likeness (QED) is 0.755. The van der Waals surface area contributed by atoms with Crippen LogP contribution in [0, 0.1) is 18.3 Å². The minimum Gasteiger partial charge on any atom is -0.259 e. The second-order valence-electron chi connectivity index (χ2n) is 2.62. The minimum absolute atomic E-state index is 0.00199. The number of nitriles is 1. The Balaban J connectivity index is 3.36. The summed E-state index contributed by atoms with van der Waals surface area (Å²) in [6, 6.07) is 3.18. The molecule has 0 amide bonds. The van der Waals surface area contributed by atoms with E-state index in [1.807, 2.05) is 6.07 Å². The number of rotatable bonds is 2. The van der Waals surface area contributed by atoms with Crippen LogP contribution in [0.25, 0.3) is 0 Å². The topological polar surface area (TPSA) is 82.8 Å². The van der Waals surface area contributed by atoms with Crippen LogP contribution in [0.5, 0.6) is 0 Å². The van der Waals surface area contributed by atoms with E-state index in [-0.39, 0.29) is 10.5 Å². The zero-order valence-corrected chi connectivity index (χ0v) is 8.59. The van der Waals surface area contributed by atoms with Crippen LogP contribution in [0.2, 0.25) is 0 Å². The van der Waals surface area contributed by atoms with Crippen LogP contribution in [-0.4, -0.2) is 20.4 Å². The van der Waals surface area contributed by atoms with Crippen molar-refractivity contribution in [1.29, 1.82) is 5.26 Å². The molecule has 0 spiro atoms. The maximum atomic E-state index is 11.3. The fourth-order valence-corrected chi connectivity index (χ4v) is 1.59. The number of nitrogens with zero attached hydrogens (tertiary/aromatic N) is 2. The number of hydrogen-bond donors (Lipinski definition) is 1. The highest BCUT2D eigenvalue weighted by molar-refractivity contribution is 7.89. The summed E-state index contributed by atoms with van der Waals surface area (Å²) < 4.78 is 24.8. The Bertz CT molecular complexity index is 488. The van der Waals surface area contributed by atoms with Crippen LogP contribution in [-0.2, 0) is 10.0 Å². The van der Waals surface area contributed by atoms with Gasteiger partial charge in [-0.2, -0.15) is 5.26 Å². The summed E-state index contributed by atoms with van der Waals surface area (Å²) in [4.78, 5) is 3.82. The Morgan fingerprint density at radius 2 is 2.21 bits per heavy atom. The van der Waals surface area contributed by atoms with Crippen LogP contribution in [0.1, 0.15) is 11.3 Å². The number of aromatic nitrogens is 1. The highest BCUT2D eigenvalue weighted by atomic mass is 32.2. The fourth-order valence-electron chi connectivity index (χ4n) is 0.892. The van der Waals surface area contributed by atoms with Crippen molar-refractivity contribution in [3.63, 3.8) is 0 Å². The molecule has 0 fully saturated rings. The van der Waals surface area contributed by atoms with Crippen LogP contribution in [0.15, 0.2) is 17.2 Å². The molecule has 0 aliphatic heterocycles. The van der Waals surface area contributed by atoms with Gasteiger partial charge in [0.05, 0.1) is 11.3 Å². The largest absolute Gasteiger partial charge is 0.259 e. The first kappa shape index (κ1) is 10.6. The third-order valence-electron chi connectivity index (χ3n) is 1.76. The Morgan fingerprint density at radius 3 is 2.71 bits per heavy atom. The maximum Gasteiger partial charge on any atom is 0.241 e. The molecular formula is C8H9N3O2S. The lowest BCUT2D eigenvalue weighted by Gasteiger charge is -2.02. The van der Waals surface area contributed by atoms with Gasteiger partial charge in [-0.25, -0.2) is 13.1 Å². The van der Waals surface area contributed by atoms with E-state index in [0.717, 1.165) is 0 Å². The molecule has 1 rings (SSSR count). The van der Waals surface area contributed by atoms with Crippen LogP contribution in [0.4, 0.5) is 0 Å². The predicted molar refractivity (Wildman–Crippen MR) is 49.9 cm³/mol. The summed E-state index contributed by atoms with van der Waals surface area (Å²) in [7, 11) is -2.20. The van der Waals surface area contributed by atoms with Gasteiger partial charge in [0.2, 0.25) is 10.0 Å². The first-order valence-corrected chi connectivity index (χ1v) is 5.30. The molecule has 1 N–H and O–H groups in total. The van der Waals surface area contributed by atoms with Crippen molar-refractivity contribution in [2.45, 2.75) is 11.8 Å². The molecule has 74 valence electrons. The van der Waals surface area contributed by atoms with Gasteiger partial charge in [-0.3, -0.25) is 4.98 Å². The van der Waals surface area contributed by atoms with Crippen molar-refractivity contribution in [1.82, 2.24) is 9.71 Å². The normalized spacial score (nSPS) is 10.9. The standard InChI is InChI=1S/C8H9N3O2S/c1-6-7(4-9)3-8(5-11-6)14(12,13)10-2/h3,5,10H,1-2H3. The zero-order valence-electron chi connectivity index (χ0n) is 7.77. The van der Waals surface area contributed by atoms with Gasteiger partial charge in [-0.1, -0.05) is 0 Å². The molecule has 0 radical (unpaired) electrons. The van der Waals surface area contributed by atoms with Crippen molar-refractivity contribution in [2.75, 3.05) is 7.05 Å². The molecule has 5 nitrogen and oxygen atoms in total. The SMILES string of the molecule is CNS(=O)(=O)c1cnc(C)c(C#N)c1. The third-order valence-corrected chi connectivity index (χ3v) is 3.14. The second kappa shape index (κ2) is 3.74. The van der Waals surface area contributed by atoms with Crippen LogP contribution >= 0.6 is 0 Å². The first-order chi connectivity index (χ1) is 6.51. The Labute approximate surface area is 82.4 Å². The average Bonchev–Trinajstić information content (AvgIpc) is 2.18. The van der Waals surface area contributed by atoms with Gasteiger partial charge in [-0.05, 0) is 20.0 Å². The molecule has 0 unspecified atom stereocenters. The number of aryl methyl sites for hydroxylation is 1. The molecular weight excluding hydrogens is 202 g/mol. The molecule has 0 bridgehead atoms. The minimum atomic E-state index is -3.51. The molecule has 1 aromatic rings. The van der Waals surface area contributed by atoms with E-state index in [0.29, 0.717) is 5.69 Å². The van der Waals surface area contributed by atoms with Crippen molar-refractivity contribution < 1.29 is 8.42 Å². The Hall–Kier alpha value is -1.45. The number of nitrogens with one attached hydrogen (secondary N) is 1. The van der Waals surface area contributed by atoms with Crippen molar-refractivity contribution in [2.24, 2.45) is 0 Å². The molecule has 6 heteroatoms. The zero-order chi connectivity index (χ0) is 10.8. The number of pyridine rings is 1. The molecule has 0 aliphatic rings. The van der Waals surface area contributed by atoms with E-state index < -0.39 is 10.0 Å². The van der Waals surface area contributed by atoms with Crippen molar-refractivity contribution in [3.8, 4) is 6.07 Å². The molecule has 0 aliphatic carbocycles. The first-order valence-electron chi connectivity index (χ1n) is 3.81. The number of hydrogen-bond acceptors (Lipinski definition) is 4. The molecule has 1 aromatic heterocycles. The lowest BCUT2D eigenvalue weighted by molar-refractivity contribution is 0.587. The van der Waals surface area contributed by atoms with E-state index in [1.54, 1.807) is 6.92 Å². The summed E-state index contributed by atoms with van der Waals surface area (Å²) >= 11 is 0. The summed E-state index contributed by atoms with van der Waals surface area (Å²) in [5.74, 6) is 0. The third kappa shape index (κ3) is 1.89. The average molecular weight is 211 g/mol. The van der Waals surface area contributed by atoms with Gasteiger partial charge in [0.15, 0.2) is 0 Å². The molecule has 0 saturated heterocycles. The summed E-state index contributed by atoms with van der Waals surface area (Å²) in [6.45, 7) is 1.65. The summed E-state index contributed by atoms with van der Waals surface area (Å²) in [6.07, 6.45) is 1.22. The molecule has 14 heavy (non-hydrogen) atoms. The summed E-state index contributed by atoms with van der Waals surface area (Å²) in [5.41, 5.74) is 0.781. The highest BCUT2D eigenvalue weighted by Gasteiger charge is 2.13. The monoisotopic (exact) mass is 211 g/mol. The fraction of sp³-hybridized carbons (Fsp3) is 0.250. The Kier molecular flexibility index (Phi) is 2.84. The van der Waals surface area contributed by atoms with Gasteiger partial charge in [0, 0.05) is 6.20 Å². The van der Waals surface area contributed by atoms with Crippen LogP contribution in [0.3, 0.4) is 0 Å². The van der Waals surface area contributed by atoms with Gasteiger partial charge in [0.1, 0.15) is 11.0 Å². The maximum absolute atomic E-state index is 11.3. The second-order valence-corrected chi connectivity index (χ2v) is 4.51. The molecule has 0 atom stereocenters. The van der Waals surface area contributed by atoms with Gasteiger partial charge in [0.25, 0.3) is 0 Å². The van der Waals surface area contributed by atoms with Crippen LogP contribution < -0.4 is 4.72 Å². The van der Waals surface area contributed by atoms with E-state index in [4.69, 9.17) is 5.26 Å². The van der Waals surface area contributed by atoms with E-state index >= 15 is 0 Å². The van der Waals surface area contributed by atoms with Gasteiger partial charge >= 0.3 is 0 Å².